The highest BCUT2D eigenvalue weighted by Gasteiger charge is 2.18. The van der Waals surface area contributed by atoms with Gasteiger partial charge in [-0.1, -0.05) is 24.3 Å². The van der Waals surface area contributed by atoms with Gasteiger partial charge in [-0.25, -0.2) is 8.42 Å². The van der Waals surface area contributed by atoms with Crippen molar-refractivity contribution in [3.05, 3.63) is 59.2 Å². The predicted molar refractivity (Wildman–Crippen MR) is 118 cm³/mol. The Kier molecular flexibility index (Phi) is 7.33. The summed E-state index contributed by atoms with van der Waals surface area (Å²) in [5.41, 5.74) is 3.16. The van der Waals surface area contributed by atoms with E-state index >= 15 is 0 Å². The summed E-state index contributed by atoms with van der Waals surface area (Å²) in [6, 6.07) is 13.0. The first-order valence-electron chi connectivity index (χ1n) is 9.92. The van der Waals surface area contributed by atoms with Crippen LogP contribution in [0, 0.1) is 6.92 Å². The molecule has 8 heteroatoms. The second kappa shape index (κ2) is 9.95. The molecule has 1 unspecified atom stereocenters. The molecular formula is C22H29N3O4S. The van der Waals surface area contributed by atoms with E-state index < -0.39 is 9.84 Å². The summed E-state index contributed by atoms with van der Waals surface area (Å²) in [6.07, 6.45) is 2.20. The number of ether oxygens (including phenoxy) is 2. The first-order chi connectivity index (χ1) is 14.3. The zero-order valence-corrected chi connectivity index (χ0v) is 18.5. The van der Waals surface area contributed by atoms with Crippen molar-refractivity contribution in [3.8, 4) is 5.75 Å². The Bertz CT molecular complexity index is 982. The lowest BCUT2D eigenvalue weighted by Crippen LogP contribution is -2.36. The predicted octanol–water partition coefficient (Wildman–Crippen LogP) is 2.43. The lowest BCUT2D eigenvalue weighted by molar-refractivity contribution is 0.140. The molecule has 2 aromatic rings. The number of hydrogen-bond acceptors (Lipinski definition) is 5. The van der Waals surface area contributed by atoms with Crippen molar-refractivity contribution in [1.82, 2.24) is 10.6 Å². The molecule has 1 saturated heterocycles. The molecule has 0 saturated carbocycles. The van der Waals surface area contributed by atoms with Crippen LogP contribution in [0.1, 0.15) is 23.1 Å². The van der Waals surface area contributed by atoms with Gasteiger partial charge in [-0.2, -0.15) is 0 Å². The fourth-order valence-electron chi connectivity index (χ4n) is 3.14. The third-order valence-electron chi connectivity index (χ3n) is 4.89. The van der Waals surface area contributed by atoms with Gasteiger partial charge in [0, 0.05) is 38.4 Å². The van der Waals surface area contributed by atoms with Crippen molar-refractivity contribution in [2.45, 2.75) is 37.4 Å². The highest BCUT2D eigenvalue weighted by Crippen LogP contribution is 2.23. The van der Waals surface area contributed by atoms with E-state index in [1.807, 2.05) is 6.92 Å². The maximum atomic E-state index is 11.6. The maximum Gasteiger partial charge on any atom is 0.191 e. The largest absolute Gasteiger partial charge is 0.488 e. The van der Waals surface area contributed by atoms with Crippen LogP contribution in [0.2, 0.25) is 0 Å². The molecule has 0 radical (unpaired) electrons. The van der Waals surface area contributed by atoms with E-state index in [0.717, 1.165) is 35.5 Å². The second-order valence-corrected chi connectivity index (χ2v) is 9.43. The van der Waals surface area contributed by atoms with Gasteiger partial charge in [0.05, 0.1) is 18.1 Å². The van der Waals surface area contributed by atoms with Gasteiger partial charge >= 0.3 is 0 Å². The summed E-state index contributed by atoms with van der Waals surface area (Å²) in [4.78, 5) is 4.58. The molecule has 0 spiro atoms. The molecule has 0 amide bonds. The lowest BCUT2D eigenvalue weighted by Gasteiger charge is -2.18. The van der Waals surface area contributed by atoms with Gasteiger partial charge < -0.3 is 20.1 Å². The van der Waals surface area contributed by atoms with Crippen LogP contribution in [-0.2, 0) is 27.7 Å². The van der Waals surface area contributed by atoms with Gasteiger partial charge in [-0.15, -0.1) is 0 Å². The molecule has 0 bridgehead atoms. The van der Waals surface area contributed by atoms with E-state index in [1.54, 1.807) is 31.3 Å². The minimum absolute atomic E-state index is 0.0953. The third kappa shape index (κ3) is 6.21. The molecule has 3 rings (SSSR count). The minimum Gasteiger partial charge on any atom is -0.488 e. The first kappa shape index (κ1) is 22.1. The van der Waals surface area contributed by atoms with Crippen molar-refractivity contribution in [2.24, 2.45) is 4.99 Å². The molecule has 1 heterocycles. The molecule has 1 aliphatic heterocycles. The Labute approximate surface area is 178 Å². The van der Waals surface area contributed by atoms with Crippen molar-refractivity contribution < 1.29 is 17.9 Å². The number of rotatable bonds is 7. The highest BCUT2D eigenvalue weighted by molar-refractivity contribution is 7.90. The van der Waals surface area contributed by atoms with Crippen molar-refractivity contribution in [1.29, 1.82) is 0 Å². The molecule has 0 aromatic heterocycles. The van der Waals surface area contributed by atoms with Crippen LogP contribution < -0.4 is 15.4 Å². The van der Waals surface area contributed by atoms with Crippen LogP contribution >= 0.6 is 0 Å². The normalized spacial score (nSPS) is 17.0. The average molecular weight is 432 g/mol. The Morgan fingerprint density at radius 1 is 1.17 bits per heavy atom. The summed E-state index contributed by atoms with van der Waals surface area (Å²) in [7, 11) is -1.47. The number of aliphatic imine (C=N–C) groups is 1. The SMILES string of the molecule is CN=C(NCc1ccc(S(C)(=O)=O)cc1)NCc1ccc(C)cc1OC1CCOC1. The van der Waals surface area contributed by atoms with Crippen LogP contribution in [0.3, 0.4) is 0 Å². The number of guanidine groups is 1. The summed E-state index contributed by atoms with van der Waals surface area (Å²) < 4.78 is 34.7. The van der Waals surface area contributed by atoms with Gasteiger partial charge in [0.25, 0.3) is 0 Å². The average Bonchev–Trinajstić information content (AvgIpc) is 3.22. The number of hydrogen-bond donors (Lipinski definition) is 2. The van der Waals surface area contributed by atoms with E-state index in [9.17, 15) is 8.42 Å². The monoisotopic (exact) mass is 431 g/mol. The Morgan fingerprint density at radius 3 is 2.53 bits per heavy atom. The quantitative estimate of drug-likeness (QED) is 0.517. The summed E-state index contributed by atoms with van der Waals surface area (Å²) in [5, 5.41) is 6.55. The smallest absolute Gasteiger partial charge is 0.191 e. The number of nitrogens with one attached hydrogen (secondary N) is 2. The molecule has 7 nitrogen and oxygen atoms in total. The van der Waals surface area contributed by atoms with Gasteiger partial charge in [0.2, 0.25) is 0 Å². The molecule has 2 aromatic carbocycles. The van der Waals surface area contributed by atoms with Crippen LogP contribution in [0.4, 0.5) is 0 Å². The summed E-state index contributed by atoms with van der Waals surface area (Å²) in [5.74, 6) is 1.52. The van der Waals surface area contributed by atoms with Crippen LogP contribution in [0.15, 0.2) is 52.4 Å². The topological polar surface area (TPSA) is 89.0 Å². The molecule has 2 N–H and O–H groups in total. The number of aryl methyl sites for hydroxylation is 1. The lowest BCUT2D eigenvalue weighted by atomic mass is 10.1. The molecule has 1 aliphatic rings. The van der Waals surface area contributed by atoms with Crippen molar-refractivity contribution >= 4 is 15.8 Å². The van der Waals surface area contributed by atoms with E-state index in [0.29, 0.717) is 30.6 Å². The third-order valence-corrected chi connectivity index (χ3v) is 6.01. The fraction of sp³-hybridized carbons (Fsp3) is 0.409. The standard InChI is InChI=1S/C22H29N3O4S/c1-16-4-7-18(21(12-16)29-19-10-11-28-15-19)14-25-22(23-2)24-13-17-5-8-20(9-6-17)30(3,26)27/h4-9,12,19H,10-11,13-15H2,1-3H3,(H2,23,24,25). The summed E-state index contributed by atoms with van der Waals surface area (Å²) in [6.45, 7) is 4.51. The van der Waals surface area contributed by atoms with E-state index in [2.05, 4.69) is 33.8 Å². The zero-order chi connectivity index (χ0) is 21.6. The van der Waals surface area contributed by atoms with Gasteiger partial charge in [0.15, 0.2) is 15.8 Å². The molecule has 1 atom stereocenters. The highest BCUT2D eigenvalue weighted by atomic mass is 32.2. The second-order valence-electron chi connectivity index (χ2n) is 7.41. The zero-order valence-electron chi connectivity index (χ0n) is 17.6. The molecule has 30 heavy (non-hydrogen) atoms. The Morgan fingerprint density at radius 2 is 1.90 bits per heavy atom. The van der Waals surface area contributed by atoms with Gasteiger partial charge in [-0.05, 0) is 36.2 Å². The van der Waals surface area contributed by atoms with E-state index in [-0.39, 0.29) is 6.10 Å². The molecule has 0 aliphatic carbocycles. The van der Waals surface area contributed by atoms with E-state index in [1.165, 1.54) is 6.26 Å². The Hall–Kier alpha value is -2.58. The van der Waals surface area contributed by atoms with Crippen LogP contribution in [0.5, 0.6) is 5.75 Å². The fourth-order valence-corrected chi connectivity index (χ4v) is 3.77. The van der Waals surface area contributed by atoms with Crippen LogP contribution in [-0.4, -0.2) is 47.0 Å². The van der Waals surface area contributed by atoms with Crippen molar-refractivity contribution in [3.63, 3.8) is 0 Å². The molecule has 1 fully saturated rings. The Balaban J connectivity index is 1.57. The van der Waals surface area contributed by atoms with Gasteiger partial charge in [-0.3, -0.25) is 4.99 Å². The van der Waals surface area contributed by atoms with Gasteiger partial charge in [0.1, 0.15) is 11.9 Å². The molecule has 162 valence electrons. The number of nitrogens with zero attached hydrogens (tertiary/aromatic N) is 1. The van der Waals surface area contributed by atoms with Crippen molar-refractivity contribution in [2.75, 3.05) is 26.5 Å². The molecular weight excluding hydrogens is 402 g/mol. The number of benzene rings is 2. The summed E-state index contributed by atoms with van der Waals surface area (Å²) >= 11 is 0. The number of sulfone groups is 1. The minimum atomic E-state index is -3.19. The first-order valence-corrected chi connectivity index (χ1v) is 11.8. The maximum absolute atomic E-state index is 11.6. The van der Waals surface area contributed by atoms with E-state index in [4.69, 9.17) is 9.47 Å². The van der Waals surface area contributed by atoms with Crippen LogP contribution in [0.25, 0.3) is 0 Å².